The summed E-state index contributed by atoms with van der Waals surface area (Å²) in [4.78, 5) is 20.7. The van der Waals surface area contributed by atoms with Crippen LogP contribution in [0.4, 0.5) is 5.82 Å². The van der Waals surface area contributed by atoms with Crippen LogP contribution in [0.2, 0.25) is 0 Å². The number of aromatic nitrogens is 5. The molecule has 0 spiro atoms. The van der Waals surface area contributed by atoms with Crippen molar-refractivity contribution in [1.29, 1.82) is 5.26 Å². The van der Waals surface area contributed by atoms with Crippen molar-refractivity contribution in [2.75, 3.05) is 44.3 Å². The van der Waals surface area contributed by atoms with Gasteiger partial charge >= 0.3 is 0 Å². The molecule has 0 aromatic carbocycles. The normalized spacial score (nSPS) is 21.1. The molecule has 7 rings (SSSR count). The first-order valence-corrected chi connectivity index (χ1v) is 19.3. The minimum atomic E-state index is -0.338. The molecule has 1 amide bonds. The number of anilines is 1. The van der Waals surface area contributed by atoms with Gasteiger partial charge < -0.3 is 20.3 Å². The summed E-state index contributed by atoms with van der Waals surface area (Å²) in [5, 5.41) is 26.2. The molecule has 3 aliphatic rings. The van der Waals surface area contributed by atoms with Crippen LogP contribution in [-0.4, -0.2) is 75.7 Å². The molecule has 0 radical (unpaired) electrons. The lowest BCUT2D eigenvalue weighted by atomic mass is 9.75. The highest BCUT2D eigenvalue weighted by Gasteiger charge is 2.41. The Morgan fingerprint density at radius 3 is 2.47 bits per heavy atom. The van der Waals surface area contributed by atoms with Crippen molar-refractivity contribution in [1.82, 2.24) is 35.0 Å². The maximum Gasteiger partial charge on any atom is 0.226 e. The minimum Gasteiger partial charge on any atom is -0.381 e. The Hall–Kier alpha value is -4.27. The third kappa shape index (κ3) is 7.68. The van der Waals surface area contributed by atoms with Gasteiger partial charge in [-0.1, -0.05) is 13.8 Å². The van der Waals surface area contributed by atoms with Gasteiger partial charge in [0, 0.05) is 73.2 Å². The molecular weight excluding hydrogens is 639 g/mol. The first kappa shape index (κ1) is 35.1. The lowest BCUT2D eigenvalue weighted by Crippen LogP contribution is -2.52. The first-order chi connectivity index (χ1) is 25.0. The molecule has 270 valence electrons. The average Bonchev–Trinajstić information content (AvgIpc) is 3.85. The second-order valence-corrected chi connectivity index (χ2v) is 14.9. The molecule has 2 saturated heterocycles. The van der Waals surface area contributed by atoms with Gasteiger partial charge in [-0.15, -0.1) is 0 Å². The maximum atomic E-state index is 13.5. The zero-order valence-electron chi connectivity index (χ0n) is 30.3. The van der Waals surface area contributed by atoms with E-state index in [9.17, 15) is 10.1 Å². The summed E-state index contributed by atoms with van der Waals surface area (Å²) < 4.78 is 9.45. The van der Waals surface area contributed by atoms with Crippen LogP contribution in [0, 0.1) is 22.7 Å². The SMILES string of the molecule is CCCNCCC1CCC(n2cc(-c3cc(-c4ccc(N5CCC(CC)(C(=O)NC6CCOCC6)CC5)nc4)c4c(C#N)cnn4c3)cn2)CC1. The third-order valence-corrected chi connectivity index (χ3v) is 11.8. The molecule has 2 N–H and O–H groups in total. The van der Waals surface area contributed by atoms with Crippen molar-refractivity contribution < 1.29 is 9.53 Å². The zero-order chi connectivity index (χ0) is 35.2. The highest BCUT2D eigenvalue weighted by atomic mass is 16.5. The Bertz CT molecular complexity index is 1800. The number of piperidine rings is 1. The van der Waals surface area contributed by atoms with Gasteiger partial charge in [-0.25, -0.2) is 9.50 Å². The fraction of sp³-hybridized carbons (Fsp3) is 0.575. The number of carbonyl (C=O) groups excluding carboxylic acids is 1. The van der Waals surface area contributed by atoms with E-state index >= 15 is 0 Å². The predicted molar refractivity (Wildman–Crippen MR) is 199 cm³/mol. The van der Waals surface area contributed by atoms with E-state index in [4.69, 9.17) is 14.8 Å². The average molecular weight is 692 g/mol. The molecule has 3 fully saturated rings. The Balaban J connectivity index is 1.05. The van der Waals surface area contributed by atoms with E-state index in [1.165, 1.54) is 25.7 Å². The molecule has 6 heterocycles. The number of carbonyl (C=O) groups is 1. The highest BCUT2D eigenvalue weighted by Crippen LogP contribution is 2.38. The van der Waals surface area contributed by atoms with Gasteiger partial charge in [-0.05, 0) is 108 Å². The van der Waals surface area contributed by atoms with Crippen LogP contribution in [0.3, 0.4) is 0 Å². The summed E-state index contributed by atoms with van der Waals surface area (Å²) in [6, 6.07) is 9.27. The second-order valence-electron chi connectivity index (χ2n) is 14.9. The van der Waals surface area contributed by atoms with Gasteiger partial charge in [0.1, 0.15) is 11.9 Å². The van der Waals surface area contributed by atoms with Crippen LogP contribution in [-0.2, 0) is 9.53 Å². The first-order valence-electron chi connectivity index (χ1n) is 19.3. The fourth-order valence-corrected chi connectivity index (χ4v) is 8.39. The summed E-state index contributed by atoms with van der Waals surface area (Å²) in [7, 11) is 0. The number of amides is 1. The molecule has 0 atom stereocenters. The van der Waals surface area contributed by atoms with Gasteiger partial charge in [0.05, 0.1) is 34.9 Å². The number of hydrogen-bond acceptors (Lipinski definition) is 8. The number of nitrogens with zero attached hydrogens (tertiary/aromatic N) is 7. The fourth-order valence-electron chi connectivity index (χ4n) is 8.39. The molecule has 51 heavy (non-hydrogen) atoms. The van der Waals surface area contributed by atoms with Gasteiger partial charge in [-0.3, -0.25) is 9.48 Å². The molecule has 4 aromatic heterocycles. The van der Waals surface area contributed by atoms with Crippen LogP contribution in [0.5, 0.6) is 0 Å². The Morgan fingerprint density at radius 1 is 0.961 bits per heavy atom. The Morgan fingerprint density at radius 2 is 1.76 bits per heavy atom. The quantitative estimate of drug-likeness (QED) is 0.161. The van der Waals surface area contributed by atoms with E-state index in [-0.39, 0.29) is 17.4 Å². The number of fused-ring (bicyclic) bond motifs is 1. The molecule has 11 nitrogen and oxygen atoms in total. The molecule has 4 aromatic rings. The number of pyridine rings is 2. The molecule has 1 saturated carbocycles. The van der Waals surface area contributed by atoms with Crippen LogP contribution < -0.4 is 15.5 Å². The lowest BCUT2D eigenvalue weighted by Gasteiger charge is -2.41. The van der Waals surface area contributed by atoms with E-state index in [2.05, 4.69) is 69.6 Å². The van der Waals surface area contributed by atoms with Gasteiger partial charge in [0.15, 0.2) is 0 Å². The predicted octanol–water partition coefficient (Wildman–Crippen LogP) is 6.54. The molecule has 1 aliphatic carbocycles. The molecule has 2 aliphatic heterocycles. The van der Waals surface area contributed by atoms with Crippen LogP contribution >= 0.6 is 0 Å². The molecule has 0 unspecified atom stereocenters. The monoisotopic (exact) mass is 691 g/mol. The Labute approximate surface area is 301 Å². The van der Waals surface area contributed by atoms with Crippen molar-refractivity contribution in [3.63, 3.8) is 0 Å². The lowest BCUT2D eigenvalue weighted by molar-refractivity contribution is -0.134. The largest absolute Gasteiger partial charge is 0.381 e. The molecule has 0 bridgehead atoms. The summed E-state index contributed by atoms with van der Waals surface area (Å²) in [6.07, 6.45) is 21.1. The third-order valence-electron chi connectivity index (χ3n) is 11.8. The van der Waals surface area contributed by atoms with Gasteiger partial charge in [0.2, 0.25) is 5.91 Å². The van der Waals surface area contributed by atoms with Crippen molar-refractivity contribution in [3.8, 4) is 28.3 Å². The second kappa shape index (κ2) is 16.0. The van der Waals surface area contributed by atoms with Crippen LogP contribution in [0.25, 0.3) is 27.8 Å². The van der Waals surface area contributed by atoms with E-state index in [0.717, 1.165) is 124 Å². The van der Waals surface area contributed by atoms with Crippen molar-refractivity contribution >= 4 is 17.2 Å². The number of ether oxygens (including phenoxy) is 1. The highest BCUT2D eigenvalue weighted by molar-refractivity contribution is 5.87. The van der Waals surface area contributed by atoms with E-state index in [1.807, 2.05) is 23.1 Å². The smallest absolute Gasteiger partial charge is 0.226 e. The van der Waals surface area contributed by atoms with Crippen molar-refractivity contribution in [2.24, 2.45) is 11.3 Å². The topological polar surface area (TPSA) is 125 Å². The van der Waals surface area contributed by atoms with Crippen molar-refractivity contribution in [2.45, 2.75) is 96.6 Å². The Kier molecular flexibility index (Phi) is 11.0. The zero-order valence-corrected chi connectivity index (χ0v) is 30.3. The number of nitriles is 1. The van der Waals surface area contributed by atoms with Gasteiger partial charge in [-0.2, -0.15) is 15.5 Å². The standard InChI is InChI=1S/C40H53N9O2/c1-3-16-42-17-11-29-5-8-35(9-6-29)48-28-33(26-44-48)31-22-36(38-32(23-41)25-45-49(38)27-31)30-7-10-37(43-24-30)47-18-14-40(4-2,15-19-47)39(50)46-34-12-20-51-21-13-34/h7,10,22,24-29,34-35,42H,3-6,8-9,11-21H2,1-2H3,(H,46,50). The van der Waals surface area contributed by atoms with Crippen LogP contribution in [0.15, 0.2) is 49.2 Å². The number of rotatable bonds is 12. The van der Waals surface area contributed by atoms with E-state index < -0.39 is 0 Å². The summed E-state index contributed by atoms with van der Waals surface area (Å²) in [5.41, 5.74) is 4.85. The summed E-state index contributed by atoms with van der Waals surface area (Å²) in [5.74, 6) is 1.90. The van der Waals surface area contributed by atoms with E-state index in [1.54, 1.807) is 6.20 Å². The van der Waals surface area contributed by atoms with Gasteiger partial charge in [0.25, 0.3) is 0 Å². The van der Waals surface area contributed by atoms with Crippen molar-refractivity contribution in [3.05, 3.63) is 54.7 Å². The summed E-state index contributed by atoms with van der Waals surface area (Å²) in [6.45, 7) is 9.58. The van der Waals surface area contributed by atoms with E-state index in [0.29, 0.717) is 11.6 Å². The minimum absolute atomic E-state index is 0.196. The molecule has 11 heteroatoms. The summed E-state index contributed by atoms with van der Waals surface area (Å²) >= 11 is 0. The maximum absolute atomic E-state index is 13.5. The van der Waals surface area contributed by atoms with Crippen LogP contribution in [0.1, 0.15) is 96.1 Å². The number of nitrogens with one attached hydrogen (secondary N) is 2. The molecular formula is C40H53N9O2. The number of hydrogen-bond donors (Lipinski definition) is 2.